The Morgan fingerprint density at radius 1 is 0.589 bits per heavy atom. The van der Waals surface area contributed by atoms with Crippen molar-refractivity contribution in [1.29, 1.82) is 0 Å². The smallest absolute Gasteiger partial charge is 0.136 e. The number of furan rings is 1. The average Bonchev–Trinajstić information content (AvgIpc) is 3.74. The fourth-order valence-electron chi connectivity index (χ4n) is 8.91. The zero-order valence-corrected chi connectivity index (χ0v) is 32.4. The summed E-state index contributed by atoms with van der Waals surface area (Å²) in [4.78, 5) is 0. The molecule has 9 rings (SSSR count). The predicted molar refractivity (Wildman–Crippen MR) is 241 cm³/mol. The van der Waals surface area contributed by atoms with Crippen LogP contribution in [0.25, 0.3) is 61.5 Å². The molecule has 0 saturated carbocycles. The van der Waals surface area contributed by atoms with Crippen LogP contribution in [0.15, 0.2) is 181 Å². The lowest BCUT2D eigenvalue weighted by Gasteiger charge is -2.27. The van der Waals surface area contributed by atoms with E-state index < -0.39 is 0 Å². The van der Waals surface area contributed by atoms with Gasteiger partial charge in [0.25, 0.3) is 0 Å². The van der Waals surface area contributed by atoms with Crippen LogP contribution in [-0.2, 0) is 5.41 Å². The number of fused-ring (bicyclic) bond motifs is 5. The molecule has 0 amide bonds. The number of hydrogen-bond donors (Lipinski definition) is 0. The SMILES string of the molecule is C=C(C1=CC=CCC1)c1ccccc1C(=C)C1=c2\cccc\c2=C(C(=C)c2cc3c(cc2C2=Cc4ccccc4C2(C)C)oc2ccccc23)\C=C\CC\C=C\1. The fraction of sp³-hybridized carbons (Fsp3) is 0.127. The Labute approximate surface area is 330 Å². The monoisotopic (exact) mass is 722 g/mol. The highest BCUT2D eigenvalue weighted by Crippen LogP contribution is 2.49. The van der Waals surface area contributed by atoms with Crippen molar-refractivity contribution in [3.05, 3.63) is 221 Å². The molecule has 6 aromatic rings. The molecule has 0 aliphatic heterocycles. The fourth-order valence-corrected chi connectivity index (χ4v) is 8.91. The molecule has 5 aromatic carbocycles. The molecule has 0 atom stereocenters. The highest BCUT2D eigenvalue weighted by atomic mass is 16.3. The molecule has 0 fully saturated rings. The van der Waals surface area contributed by atoms with E-state index in [9.17, 15) is 0 Å². The summed E-state index contributed by atoms with van der Waals surface area (Å²) in [5, 5.41) is 4.45. The van der Waals surface area contributed by atoms with E-state index in [0.29, 0.717) is 0 Å². The molecule has 0 bridgehead atoms. The average molecular weight is 723 g/mol. The summed E-state index contributed by atoms with van der Waals surface area (Å²) in [6, 6.07) is 39.0. The third-order valence-electron chi connectivity index (χ3n) is 11.9. The largest absolute Gasteiger partial charge is 0.456 e. The molecule has 1 aromatic heterocycles. The lowest BCUT2D eigenvalue weighted by Crippen LogP contribution is -2.29. The Hall–Kier alpha value is -6.44. The maximum atomic E-state index is 6.54. The second-order valence-electron chi connectivity index (χ2n) is 15.7. The molecule has 0 unspecified atom stereocenters. The topological polar surface area (TPSA) is 13.1 Å². The van der Waals surface area contributed by atoms with Crippen LogP contribution >= 0.6 is 0 Å². The third-order valence-corrected chi connectivity index (χ3v) is 11.9. The van der Waals surface area contributed by atoms with Crippen LogP contribution in [0.2, 0.25) is 0 Å². The van der Waals surface area contributed by atoms with Crippen LogP contribution in [0.5, 0.6) is 0 Å². The van der Waals surface area contributed by atoms with E-state index in [1.807, 2.05) is 6.07 Å². The van der Waals surface area contributed by atoms with Gasteiger partial charge in [-0.05, 0) is 133 Å². The van der Waals surface area contributed by atoms with E-state index in [-0.39, 0.29) is 5.41 Å². The highest BCUT2D eigenvalue weighted by Gasteiger charge is 2.35. The molecule has 0 saturated heterocycles. The molecule has 1 heteroatoms. The molecule has 56 heavy (non-hydrogen) atoms. The van der Waals surface area contributed by atoms with E-state index in [4.69, 9.17) is 17.6 Å². The number of allylic oxidation sites excluding steroid dienone is 12. The van der Waals surface area contributed by atoms with Crippen LogP contribution in [0, 0.1) is 0 Å². The lowest BCUT2D eigenvalue weighted by molar-refractivity contribution is 0.668. The third kappa shape index (κ3) is 6.05. The van der Waals surface area contributed by atoms with Gasteiger partial charge in [0.1, 0.15) is 11.2 Å². The van der Waals surface area contributed by atoms with Crippen molar-refractivity contribution in [2.75, 3.05) is 0 Å². The van der Waals surface area contributed by atoms with Gasteiger partial charge in [0, 0.05) is 16.2 Å². The first-order valence-corrected chi connectivity index (χ1v) is 19.8. The maximum Gasteiger partial charge on any atom is 0.136 e. The minimum absolute atomic E-state index is 0.217. The Bertz CT molecular complexity index is 2920. The van der Waals surface area contributed by atoms with Gasteiger partial charge in [-0.1, -0.05) is 167 Å². The predicted octanol–water partition coefficient (Wildman–Crippen LogP) is 13.3. The summed E-state index contributed by atoms with van der Waals surface area (Å²) in [6.07, 6.45) is 22.0. The lowest BCUT2D eigenvalue weighted by atomic mass is 9.76. The number of para-hydroxylation sites is 1. The standard InChI is InChI=1S/C55H46O/c1-36(39-21-9-8-10-22-39)41-26-14-15-27-42(41)37(2)43-24-11-6-7-12-25-44(46-29-17-16-28-45(43)46)38(3)48-34-50-47-30-18-20-32-53(47)56-54(50)35-49(48)52-33-40-23-13-19-31-51(40)55(52,4)5/h8-9,11-21,23-35H,1-3,6-7,10,22H2,4-5H3/b24-11+,25-12+,45-43+,46-44+. The Balaban J connectivity index is 1.29. The van der Waals surface area contributed by atoms with Crippen LogP contribution < -0.4 is 10.4 Å². The quantitative estimate of drug-likeness (QED) is 0.160. The first-order chi connectivity index (χ1) is 27.3. The molecule has 0 radical (unpaired) electrons. The minimum atomic E-state index is -0.217. The summed E-state index contributed by atoms with van der Waals surface area (Å²) >= 11 is 0. The van der Waals surface area contributed by atoms with Gasteiger partial charge in [-0.25, -0.2) is 0 Å². The van der Waals surface area contributed by atoms with Crippen molar-refractivity contribution < 1.29 is 4.42 Å². The summed E-state index contributed by atoms with van der Waals surface area (Å²) < 4.78 is 6.54. The molecular weight excluding hydrogens is 677 g/mol. The minimum Gasteiger partial charge on any atom is -0.456 e. The molecule has 0 N–H and O–H groups in total. The van der Waals surface area contributed by atoms with E-state index in [2.05, 4.69) is 172 Å². The Kier molecular flexibility index (Phi) is 9.02. The highest BCUT2D eigenvalue weighted by molar-refractivity contribution is 6.13. The van der Waals surface area contributed by atoms with E-state index in [0.717, 1.165) is 108 Å². The number of hydrogen-bond acceptors (Lipinski definition) is 1. The number of benzene rings is 5. The van der Waals surface area contributed by atoms with Crippen LogP contribution in [-0.4, -0.2) is 0 Å². The molecule has 272 valence electrons. The zero-order valence-electron chi connectivity index (χ0n) is 32.4. The normalized spacial score (nSPS) is 19.1. The van der Waals surface area contributed by atoms with Crippen molar-refractivity contribution in [3.63, 3.8) is 0 Å². The van der Waals surface area contributed by atoms with Gasteiger partial charge in [0.05, 0.1) is 0 Å². The van der Waals surface area contributed by atoms with Crippen molar-refractivity contribution in [1.82, 2.24) is 0 Å². The molecular formula is C55H46O. The van der Waals surface area contributed by atoms with Gasteiger partial charge in [-0.15, -0.1) is 0 Å². The first kappa shape index (κ1) is 35.3. The van der Waals surface area contributed by atoms with Gasteiger partial charge in [-0.2, -0.15) is 0 Å². The second kappa shape index (κ2) is 14.3. The summed E-state index contributed by atoms with van der Waals surface area (Å²) in [6.45, 7) is 19.1. The number of rotatable bonds is 7. The van der Waals surface area contributed by atoms with Crippen molar-refractivity contribution in [2.24, 2.45) is 0 Å². The van der Waals surface area contributed by atoms with E-state index in [1.165, 1.54) is 22.3 Å². The van der Waals surface area contributed by atoms with Gasteiger partial charge in [0.2, 0.25) is 0 Å². The molecule has 3 aliphatic rings. The van der Waals surface area contributed by atoms with Crippen molar-refractivity contribution in [2.45, 2.75) is 44.9 Å². The van der Waals surface area contributed by atoms with E-state index in [1.54, 1.807) is 0 Å². The van der Waals surface area contributed by atoms with Gasteiger partial charge >= 0.3 is 0 Å². The molecule has 1 heterocycles. The Morgan fingerprint density at radius 3 is 1.91 bits per heavy atom. The van der Waals surface area contributed by atoms with Crippen LogP contribution in [0.4, 0.5) is 0 Å². The van der Waals surface area contributed by atoms with Crippen molar-refractivity contribution >= 4 is 61.5 Å². The second-order valence-corrected chi connectivity index (χ2v) is 15.7. The molecule has 1 nitrogen and oxygen atoms in total. The summed E-state index contributed by atoms with van der Waals surface area (Å²) in [7, 11) is 0. The zero-order chi connectivity index (χ0) is 38.4. The molecule has 3 aliphatic carbocycles. The summed E-state index contributed by atoms with van der Waals surface area (Å²) in [5.41, 5.74) is 16.4. The van der Waals surface area contributed by atoms with Gasteiger partial charge < -0.3 is 4.42 Å². The van der Waals surface area contributed by atoms with Gasteiger partial charge in [0.15, 0.2) is 0 Å². The summed E-state index contributed by atoms with van der Waals surface area (Å²) in [5.74, 6) is 0. The first-order valence-electron chi connectivity index (χ1n) is 19.8. The van der Waals surface area contributed by atoms with Crippen LogP contribution in [0.3, 0.4) is 0 Å². The van der Waals surface area contributed by atoms with Crippen LogP contribution in [0.1, 0.15) is 72.9 Å². The van der Waals surface area contributed by atoms with Crippen molar-refractivity contribution in [3.8, 4) is 0 Å². The Morgan fingerprint density at radius 2 is 1.21 bits per heavy atom. The maximum absolute atomic E-state index is 6.54. The van der Waals surface area contributed by atoms with E-state index >= 15 is 0 Å². The molecule has 0 spiro atoms. The van der Waals surface area contributed by atoms with Gasteiger partial charge in [-0.3, -0.25) is 0 Å².